The minimum absolute atomic E-state index is 0.374. The van der Waals surface area contributed by atoms with Crippen molar-refractivity contribution < 1.29 is 4.74 Å². The van der Waals surface area contributed by atoms with Gasteiger partial charge < -0.3 is 4.74 Å². The molecule has 0 aromatic rings. The van der Waals surface area contributed by atoms with Gasteiger partial charge in [0.05, 0.1) is 13.2 Å². The van der Waals surface area contributed by atoms with Gasteiger partial charge in [0, 0.05) is 19.6 Å². The normalized spacial score (nSPS) is 20.6. The van der Waals surface area contributed by atoms with E-state index in [0.29, 0.717) is 10.8 Å². The van der Waals surface area contributed by atoms with E-state index in [1.807, 2.05) is 0 Å². The molecule has 0 unspecified atom stereocenters. The zero-order valence-corrected chi connectivity index (χ0v) is 11.1. The lowest BCUT2D eigenvalue weighted by Crippen LogP contribution is -2.46. The van der Waals surface area contributed by atoms with Crippen LogP contribution < -0.4 is 0 Å². The Labute approximate surface area is 95.0 Å². The molecule has 0 bridgehead atoms. The predicted molar refractivity (Wildman–Crippen MR) is 65.1 cm³/mol. The van der Waals surface area contributed by atoms with Gasteiger partial charge in [-0.2, -0.15) is 0 Å². The molecule has 2 nitrogen and oxygen atoms in total. The van der Waals surface area contributed by atoms with Crippen LogP contribution in [0.5, 0.6) is 0 Å². The van der Waals surface area contributed by atoms with Crippen LogP contribution in [0.4, 0.5) is 0 Å². The van der Waals surface area contributed by atoms with Crippen molar-refractivity contribution in [3.63, 3.8) is 0 Å². The van der Waals surface area contributed by atoms with Crippen molar-refractivity contribution in [1.29, 1.82) is 0 Å². The molecule has 0 spiro atoms. The van der Waals surface area contributed by atoms with E-state index in [-0.39, 0.29) is 0 Å². The van der Waals surface area contributed by atoms with Crippen LogP contribution in [-0.4, -0.2) is 37.7 Å². The van der Waals surface area contributed by atoms with Gasteiger partial charge in [-0.1, -0.05) is 41.0 Å². The summed E-state index contributed by atoms with van der Waals surface area (Å²) in [5.74, 6) is 0. The Balaban J connectivity index is 2.54. The first-order chi connectivity index (χ1) is 6.89. The predicted octanol–water partition coefficient (Wildman–Crippen LogP) is 2.78. The highest BCUT2D eigenvalue weighted by atomic mass is 16.5. The van der Waals surface area contributed by atoms with E-state index in [2.05, 4.69) is 39.5 Å². The van der Waals surface area contributed by atoms with Crippen molar-refractivity contribution in [2.75, 3.05) is 32.8 Å². The zero-order chi connectivity index (χ0) is 11.5. The first kappa shape index (κ1) is 13.0. The second kappa shape index (κ2) is 4.84. The molecule has 0 saturated carbocycles. The standard InChI is InChI=1S/C13H27NO/c1-6-12(2,3)13(4,5)11-14-7-9-15-10-8-14/h6-11H2,1-5H3. The molecule has 1 aliphatic heterocycles. The third-order valence-corrected chi connectivity index (χ3v) is 4.44. The van der Waals surface area contributed by atoms with Gasteiger partial charge in [-0.3, -0.25) is 4.90 Å². The lowest BCUT2D eigenvalue weighted by Gasteiger charge is -2.45. The minimum atomic E-state index is 0.374. The maximum Gasteiger partial charge on any atom is 0.0594 e. The highest BCUT2D eigenvalue weighted by Gasteiger charge is 2.36. The highest BCUT2D eigenvalue weighted by Crippen LogP contribution is 2.41. The topological polar surface area (TPSA) is 12.5 Å². The monoisotopic (exact) mass is 213 g/mol. The molecule has 1 aliphatic rings. The Morgan fingerprint density at radius 1 is 1.00 bits per heavy atom. The fourth-order valence-corrected chi connectivity index (χ4v) is 2.01. The molecule has 15 heavy (non-hydrogen) atoms. The Morgan fingerprint density at radius 3 is 2.00 bits per heavy atom. The van der Waals surface area contributed by atoms with Crippen LogP contribution in [0, 0.1) is 10.8 Å². The Kier molecular flexibility index (Phi) is 4.19. The van der Waals surface area contributed by atoms with Gasteiger partial charge in [0.25, 0.3) is 0 Å². The van der Waals surface area contributed by atoms with Crippen molar-refractivity contribution in [3.05, 3.63) is 0 Å². The van der Waals surface area contributed by atoms with Gasteiger partial charge >= 0.3 is 0 Å². The summed E-state index contributed by atoms with van der Waals surface area (Å²) in [7, 11) is 0. The van der Waals surface area contributed by atoms with Crippen LogP contribution in [0.3, 0.4) is 0 Å². The third-order valence-electron chi connectivity index (χ3n) is 4.44. The van der Waals surface area contributed by atoms with Crippen LogP contribution in [0.25, 0.3) is 0 Å². The van der Waals surface area contributed by atoms with Gasteiger partial charge in [-0.25, -0.2) is 0 Å². The van der Waals surface area contributed by atoms with Gasteiger partial charge in [-0.05, 0) is 10.8 Å². The smallest absolute Gasteiger partial charge is 0.0594 e. The van der Waals surface area contributed by atoms with Crippen molar-refractivity contribution >= 4 is 0 Å². The molecule has 1 rings (SSSR count). The molecule has 0 aromatic carbocycles. The molecule has 1 fully saturated rings. The van der Waals surface area contributed by atoms with Crippen molar-refractivity contribution in [2.45, 2.75) is 41.0 Å². The summed E-state index contributed by atoms with van der Waals surface area (Å²) in [5.41, 5.74) is 0.782. The summed E-state index contributed by atoms with van der Waals surface area (Å²) >= 11 is 0. The number of ether oxygens (including phenoxy) is 1. The van der Waals surface area contributed by atoms with Gasteiger partial charge in [0.15, 0.2) is 0 Å². The minimum Gasteiger partial charge on any atom is -0.379 e. The number of rotatable bonds is 4. The average Bonchev–Trinajstić information content (AvgIpc) is 2.18. The maximum atomic E-state index is 5.38. The molecular weight excluding hydrogens is 186 g/mol. The number of hydrogen-bond acceptors (Lipinski definition) is 2. The molecule has 1 heterocycles. The highest BCUT2D eigenvalue weighted by molar-refractivity contribution is 4.88. The zero-order valence-electron chi connectivity index (χ0n) is 11.1. The summed E-state index contributed by atoms with van der Waals surface area (Å²) in [6.45, 7) is 17.1. The summed E-state index contributed by atoms with van der Waals surface area (Å²) in [4.78, 5) is 2.54. The number of morpholine rings is 1. The number of nitrogens with zero attached hydrogens (tertiary/aromatic N) is 1. The second-order valence-electron chi connectivity index (χ2n) is 6.01. The Hall–Kier alpha value is -0.0800. The largest absolute Gasteiger partial charge is 0.379 e. The van der Waals surface area contributed by atoms with Crippen LogP contribution in [0.2, 0.25) is 0 Å². The molecule has 1 saturated heterocycles. The summed E-state index contributed by atoms with van der Waals surface area (Å²) < 4.78 is 5.38. The Bertz CT molecular complexity index is 193. The van der Waals surface area contributed by atoms with Gasteiger partial charge in [-0.15, -0.1) is 0 Å². The summed E-state index contributed by atoms with van der Waals surface area (Å²) in [6.07, 6.45) is 1.24. The van der Waals surface area contributed by atoms with E-state index in [1.54, 1.807) is 0 Å². The molecular formula is C13H27NO. The van der Waals surface area contributed by atoms with Gasteiger partial charge in [0.1, 0.15) is 0 Å². The van der Waals surface area contributed by atoms with E-state index in [4.69, 9.17) is 4.74 Å². The molecule has 2 heteroatoms. The van der Waals surface area contributed by atoms with Crippen LogP contribution >= 0.6 is 0 Å². The first-order valence-electron chi connectivity index (χ1n) is 6.19. The average molecular weight is 213 g/mol. The molecule has 0 amide bonds. The fourth-order valence-electron chi connectivity index (χ4n) is 2.01. The fraction of sp³-hybridized carbons (Fsp3) is 1.00. The molecule has 0 aromatic heterocycles. The molecule has 90 valence electrons. The quantitative estimate of drug-likeness (QED) is 0.712. The van der Waals surface area contributed by atoms with Crippen LogP contribution in [-0.2, 0) is 4.74 Å². The van der Waals surface area contributed by atoms with Crippen molar-refractivity contribution in [3.8, 4) is 0 Å². The maximum absolute atomic E-state index is 5.38. The van der Waals surface area contributed by atoms with E-state index >= 15 is 0 Å². The van der Waals surface area contributed by atoms with E-state index < -0.39 is 0 Å². The third kappa shape index (κ3) is 3.18. The second-order valence-corrected chi connectivity index (χ2v) is 6.01. The van der Waals surface area contributed by atoms with E-state index in [1.165, 1.54) is 13.0 Å². The molecule has 0 radical (unpaired) electrons. The van der Waals surface area contributed by atoms with Crippen molar-refractivity contribution in [1.82, 2.24) is 4.90 Å². The molecule has 0 aliphatic carbocycles. The Morgan fingerprint density at radius 2 is 1.53 bits per heavy atom. The lowest BCUT2D eigenvalue weighted by atomic mass is 9.66. The molecule has 0 atom stereocenters. The first-order valence-corrected chi connectivity index (χ1v) is 6.19. The summed E-state index contributed by atoms with van der Waals surface area (Å²) in [5, 5.41) is 0. The SMILES string of the molecule is CCC(C)(C)C(C)(C)CN1CCOCC1. The summed E-state index contributed by atoms with van der Waals surface area (Å²) in [6, 6.07) is 0. The molecule has 0 N–H and O–H groups in total. The van der Waals surface area contributed by atoms with E-state index in [9.17, 15) is 0 Å². The van der Waals surface area contributed by atoms with Gasteiger partial charge in [0.2, 0.25) is 0 Å². The number of hydrogen-bond donors (Lipinski definition) is 0. The lowest BCUT2D eigenvalue weighted by molar-refractivity contribution is -0.00793. The van der Waals surface area contributed by atoms with Crippen LogP contribution in [0.1, 0.15) is 41.0 Å². The van der Waals surface area contributed by atoms with E-state index in [0.717, 1.165) is 26.3 Å². The van der Waals surface area contributed by atoms with Crippen LogP contribution in [0.15, 0.2) is 0 Å². The van der Waals surface area contributed by atoms with Crippen molar-refractivity contribution in [2.24, 2.45) is 10.8 Å².